The zero-order chi connectivity index (χ0) is 19.6. The first-order valence-electron chi connectivity index (χ1n) is 10.9. The van der Waals surface area contributed by atoms with E-state index >= 15 is 0 Å². The molecule has 2 fully saturated rings. The fourth-order valence-electron chi connectivity index (χ4n) is 4.00. The molecule has 3 rings (SSSR count). The number of phenolic OH excluding ortho intramolecular Hbond substituents is 1. The molecule has 0 aliphatic carbocycles. The van der Waals surface area contributed by atoms with Crippen LogP contribution in [-0.4, -0.2) is 67.9 Å². The maximum atomic E-state index is 9.36. The smallest absolute Gasteiger partial charge is 0.191 e. The third-order valence-electron chi connectivity index (χ3n) is 5.64. The predicted molar refractivity (Wildman–Crippen MR) is 114 cm³/mol. The molecule has 0 amide bonds. The summed E-state index contributed by atoms with van der Waals surface area (Å²) in [5.41, 5.74) is 1.24. The Bertz CT molecular complexity index is 591. The monoisotopic (exact) mass is 388 g/mol. The summed E-state index contributed by atoms with van der Waals surface area (Å²) >= 11 is 0. The van der Waals surface area contributed by atoms with Crippen LogP contribution in [0.25, 0.3) is 0 Å². The SMILES string of the molecule is CCNC(=NCCCc1ccc(O)cc1)NC1CCN(CC2CCOC2)CC1. The highest BCUT2D eigenvalue weighted by Gasteiger charge is 2.24. The number of aromatic hydroxyl groups is 1. The van der Waals surface area contributed by atoms with Crippen LogP contribution in [0, 0.1) is 5.92 Å². The van der Waals surface area contributed by atoms with Crippen LogP contribution >= 0.6 is 0 Å². The van der Waals surface area contributed by atoms with Crippen molar-refractivity contribution in [2.75, 3.05) is 45.9 Å². The molecule has 0 saturated carbocycles. The first-order chi connectivity index (χ1) is 13.7. The Kier molecular flexibility index (Phi) is 8.42. The van der Waals surface area contributed by atoms with Crippen LogP contribution < -0.4 is 10.6 Å². The number of piperidine rings is 1. The maximum Gasteiger partial charge on any atom is 0.191 e. The van der Waals surface area contributed by atoms with Gasteiger partial charge in [-0.25, -0.2) is 0 Å². The molecule has 2 heterocycles. The van der Waals surface area contributed by atoms with Gasteiger partial charge in [0.25, 0.3) is 0 Å². The molecular formula is C22H36N4O2. The Morgan fingerprint density at radius 3 is 2.68 bits per heavy atom. The van der Waals surface area contributed by atoms with Gasteiger partial charge < -0.3 is 25.4 Å². The topological polar surface area (TPSA) is 69.1 Å². The Hall–Kier alpha value is -1.79. The van der Waals surface area contributed by atoms with Crippen molar-refractivity contribution in [1.82, 2.24) is 15.5 Å². The van der Waals surface area contributed by atoms with Crippen LogP contribution in [0.15, 0.2) is 29.3 Å². The Morgan fingerprint density at radius 2 is 2.00 bits per heavy atom. The van der Waals surface area contributed by atoms with E-state index in [0.717, 1.165) is 64.1 Å². The summed E-state index contributed by atoms with van der Waals surface area (Å²) in [6, 6.07) is 7.96. The zero-order valence-electron chi connectivity index (χ0n) is 17.2. The van der Waals surface area contributed by atoms with E-state index in [9.17, 15) is 5.11 Å². The van der Waals surface area contributed by atoms with E-state index in [1.165, 1.54) is 31.4 Å². The second-order valence-electron chi connectivity index (χ2n) is 7.98. The molecule has 1 unspecified atom stereocenters. The van der Waals surface area contributed by atoms with Gasteiger partial charge >= 0.3 is 0 Å². The maximum absolute atomic E-state index is 9.36. The second kappa shape index (κ2) is 11.3. The fourth-order valence-corrected chi connectivity index (χ4v) is 4.00. The lowest BCUT2D eigenvalue weighted by atomic mass is 10.0. The van der Waals surface area contributed by atoms with Crippen molar-refractivity contribution in [3.8, 4) is 5.75 Å². The van der Waals surface area contributed by atoms with Crippen molar-refractivity contribution < 1.29 is 9.84 Å². The molecule has 2 saturated heterocycles. The van der Waals surface area contributed by atoms with Crippen molar-refractivity contribution in [3.63, 3.8) is 0 Å². The fraction of sp³-hybridized carbons (Fsp3) is 0.682. The number of hydrogen-bond donors (Lipinski definition) is 3. The molecule has 2 aliphatic heterocycles. The number of aryl methyl sites for hydroxylation is 1. The minimum absolute atomic E-state index is 0.322. The standard InChI is InChI=1S/C22H36N4O2/c1-2-23-22(24-12-3-4-18-5-7-21(27)8-6-18)25-20-9-13-26(14-10-20)16-19-11-15-28-17-19/h5-8,19-20,27H,2-4,9-17H2,1H3,(H2,23,24,25). The predicted octanol–water partition coefficient (Wildman–Crippen LogP) is 2.38. The van der Waals surface area contributed by atoms with E-state index in [1.807, 2.05) is 12.1 Å². The number of ether oxygens (including phenoxy) is 1. The highest BCUT2D eigenvalue weighted by Crippen LogP contribution is 2.17. The number of likely N-dealkylation sites (tertiary alicyclic amines) is 1. The Labute approximate surface area is 169 Å². The van der Waals surface area contributed by atoms with Crippen molar-refractivity contribution in [2.24, 2.45) is 10.9 Å². The molecule has 0 spiro atoms. The van der Waals surface area contributed by atoms with E-state index in [2.05, 4.69) is 22.5 Å². The van der Waals surface area contributed by atoms with Gasteiger partial charge in [0.2, 0.25) is 0 Å². The van der Waals surface area contributed by atoms with E-state index in [4.69, 9.17) is 9.73 Å². The number of hydrogen-bond acceptors (Lipinski definition) is 4. The highest BCUT2D eigenvalue weighted by molar-refractivity contribution is 5.80. The normalized spacial score (nSPS) is 21.8. The lowest BCUT2D eigenvalue weighted by molar-refractivity contribution is 0.150. The summed E-state index contributed by atoms with van der Waals surface area (Å²) < 4.78 is 5.51. The van der Waals surface area contributed by atoms with Crippen LogP contribution in [0.3, 0.4) is 0 Å². The third-order valence-corrected chi connectivity index (χ3v) is 5.64. The zero-order valence-corrected chi connectivity index (χ0v) is 17.2. The van der Waals surface area contributed by atoms with Crippen molar-refractivity contribution >= 4 is 5.96 Å². The van der Waals surface area contributed by atoms with Gasteiger partial charge in [0.15, 0.2) is 5.96 Å². The molecule has 0 aromatic heterocycles. The van der Waals surface area contributed by atoms with Gasteiger partial charge in [-0.3, -0.25) is 4.99 Å². The van der Waals surface area contributed by atoms with Crippen molar-refractivity contribution in [3.05, 3.63) is 29.8 Å². The lowest BCUT2D eigenvalue weighted by Crippen LogP contribution is -2.49. The van der Waals surface area contributed by atoms with Crippen molar-refractivity contribution in [2.45, 2.75) is 45.1 Å². The molecule has 1 aromatic carbocycles. The minimum atomic E-state index is 0.322. The van der Waals surface area contributed by atoms with E-state index in [0.29, 0.717) is 11.8 Å². The van der Waals surface area contributed by atoms with Crippen LogP contribution in [0.5, 0.6) is 5.75 Å². The molecule has 6 heteroatoms. The molecule has 156 valence electrons. The van der Waals surface area contributed by atoms with Crippen LogP contribution in [0.2, 0.25) is 0 Å². The summed E-state index contributed by atoms with van der Waals surface area (Å²) in [6.45, 7) is 9.19. The van der Waals surface area contributed by atoms with Gasteiger partial charge in [0.1, 0.15) is 5.75 Å². The van der Waals surface area contributed by atoms with E-state index < -0.39 is 0 Å². The Morgan fingerprint density at radius 1 is 1.21 bits per heavy atom. The van der Waals surface area contributed by atoms with Crippen LogP contribution in [0.1, 0.15) is 38.2 Å². The largest absolute Gasteiger partial charge is 0.508 e. The summed E-state index contributed by atoms with van der Waals surface area (Å²) in [4.78, 5) is 7.35. The quantitative estimate of drug-likeness (QED) is 0.362. The molecule has 0 radical (unpaired) electrons. The Balaban J connectivity index is 1.37. The van der Waals surface area contributed by atoms with Crippen LogP contribution in [-0.2, 0) is 11.2 Å². The summed E-state index contributed by atoms with van der Waals surface area (Å²) in [7, 11) is 0. The van der Waals surface area contributed by atoms with E-state index in [-0.39, 0.29) is 0 Å². The van der Waals surface area contributed by atoms with Gasteiger partial charge in [-0.05, 0) is 62.6 Å². The molecule has 1 atom stereocenters. The van der Waals surface area contributed by atoms with Gasteiger partial charge in [0, 0.05) is 45.4 Å². The summed E-state index contributed by atoms with van der Waals surface area (Å²) in [5.74, 6) is 2.00. The first kappa shape index (κ1) is 20.9. The van der Waals surface area contributed by atoms with Crippen molar-refractivity contribution in [1.29, 1.82) is 0 Å². The molecule has 0 bridgehead atoms. The number of aliphatic imine (C=N–C) groups is 1. The van der Waals surface area contributed by atoms with Crippen LogP contribution in [0.4, 0.5) is 0 Å². The van der Waals surface area contributed by atoms with Gasteiger partial charge in [0.05, 0.1) is 6.61 Å². The third kappa shape index (κ3) is 6.99. The minimum Gasteiger partial charge on any atom is -0.508 e. The first-order valence-corrected chi connectivity index (χ1v) is 10.9. The van der Waals surface area contributed by atoms with Gasteiger partial charge in [-0.1, -0.05) is 12.1 Å². The average molecular weight is 389 g/mol. The molecule has 3 N–H and O–H groups in total. The molecule has 2 aliphatic rings. The number of rotatable bonds is 8. The van der Waals surface area contributed by atoms with Gasteiger partial charge in [-0.15, -0.1) is 0 Å². The number of benzene rings is 1. The number of phenols is 1. The molecule has 1 aromatic rings. The molecule has 28 heavy (non-hydrogen) atoms. The second-order valence-corrected chi connectivity index (χ2v) is 7.98. The summed E-state index contributed by atoms with van der Waals surface area (Å²) in [6.07, 6.45) is 5.55. The number of nitrogens with zero attached hydrogens (tertiary/aromatic N) is 2. The lowest BCUT2D eigenvalue weighted by Gasteiger charge is -2.34. The molecular weight excluding hydrogens is 352 g/mol. The van der Waals surface area contributed by atoms with E-state index in [1.54, 1.807) is 12.1 Å². The summed E-state index contributed by atoms with van der Waals surface area (Å²) in [5, 5.41) is 16.4. The highest BCUT2D eigenvalue weighted by atomic mass is 16.5. The molecule has 6 nitrogen and oxygen atoms in total. The number of guanidine groups is 1. The van der Waals surface area contributed by atoms with Gasteiger partial charge in [-0.2, -0.15) is 0 Å². The number of nitrogens with one attached hydrogen (secondary N) is 2. The average Bonchev–Trinajstić information content (AvgIpc) is 3.21.